The molecule has 0 rings (SSSR count). The van der Waals surface area contributed by atoms with Crippen LogP contribution in [-0.4, -0.2) is 37.2 Å². The first-order valence-electron chi connectivity index (χ1n) is 32.9. The summed E-state index contributed by atoms with van der Waals surface area (Å²) in [5.41, 5.74) is 0. The van der Waals surface area contributed by atoms with Crippen LogP contribution in [-0.2, 0) is 28.6 Å². The van der Waals surface area contributed by atoms with Crippen LogP contribution in [0.3, 0.4) is 0 Å². The summed E-state index contributed by atoms with van der Waals surface area (Å²) in [6.07, 6.45) is 89.9. The van der Waals surface area contributed by atoms with Gasteiger partial charge in [0.05, 0.1) is 0 Å². The molecule has 0 radical (unpaired) electrons. The smallest absolute Gasteiger partial charge is 0.306 e. The normalized spacial score (nSPS) is 12.8. The maximum atomic E-state index is 12.9. The van der Waals surface area contributed by atoms with Gasteiger partial charge in [0, 0.05) is 19.3 Å². The average Bonchev–Trinajstić information content (AvgIpc) is 3.44. The maximum Gasteiger partial charge on any atom is 0.306 e. The lowest BCUT2D eigenvalue weighted by Crippen LogP contribution is -2.30. The molecule has 78 heavy (non-hydrogen) atoms. The van der Waals surface area contributed by atoms with Crippen LogP contribution >= 0.6 is 0 Å². The van der Waals surface area contributed by atoms with Gasteiger partial charge in [-0.2, -0.15) is 0 Å². The summed E-state index contributed by atoms with van der Waals surface area (Å²) in [6, 6.07) is 0. The molecule has 0 bridgehead atoms. The molecule has 0 saturated carbocycles. The number of hydrogen-bond donors (Lipinski definition) is 0. The van der Waals surface area contributed by atoms with E-state index in [4.69, 9.17) is 14.2 Å². The van der Waals surface area contributed by atoms with Gasteiger partial charge >= 0.3 is 17.9 Å². The predicted molar refractivity (Wildman–Crippen MR) is 339 cm³/mol. The first-order chi connectivity index (χ1) is 38.5. The van der Waals surface area contributed by atoms with E-state index in [9.17, 15) is 14.4 Å². The highest BCUT2D eigenvalue weighted by Crippen LogP contribution is 2.17. The second kappa shape index (κ2) is 65.6. The van der Waals surface area contributed by atoms with Crippen LogP contribution in [0.1, 0.15) is 310 Å². The lowest BCUT2D eigenvalue weighted by Gasteiger charge is -2.18. The summed E-state index contributed by atoms with van der Waals surface area (Å²) in [7, 11) is 0. The molecule has 446 valence electrons. The van der Waals surface area contributed by atoms with E-state index >= 15 is 0 Å². The van der Waals surface area contributed by atoms with Crippen molar-refractivity contribution >= 4 is 17.9 Å². The molecule has 0 aromatic carbocycles. The third kappa shape index (κ3) is 62.9. The number of carbonyl (C=O) groups excluding carboxylic acids is 3. The highest BCUT2D eigenvalue weighted by atomic mass is 16.6. The zero-order chi connectivity index (χ0) is 56.4. The standard InChI is InChI=1S/C72H122O6/c1-4-7-10-13-16-19-22-24-26-28-29-30-31-32-33-34-35-36-37-38-39-40-41-42-43-45-46-48-50-53-56-59-62-65-71(74)77-68-69(67-76-70(73)64-61-58-55-52-21-18-15-12-9-6-3)78-72(75)66-63-60-57-54-51-49-47-44-27-25-23-20-17-14-11-8-5-2/h7-8,10-12,15-17,19-20,24-27,29-30,47,49,69H,4-6,9,13-14,18,21-23,28,31-46,48,50-68H2,1-3H3/b10-7-,11-8-,15-12-,19-16-,20-17-,26-24-,27-25-,30-29-,49-47-. The van der Waals surface area contributed by atoms with E-state index in [2.05, 4.69) is 130 Å². The number of esters is 3. The number of carbonyl (C=O) groups is 3. The van der Waals surface area contributed by atoms with E-state index in [-0.39, 0.29) is 31.1 Å². The molecule has 0 aromatic heterocycles. The van der Waals surface area contributed by atoms with Crippen LogP contribution in [0.4, 0.5) is 0 Å². The van der Waals surface area contributed by atoms with Crippen molar-refractivity contribution in [3.63, 3.8) is 0 Å². The van der Waals surface area contributed by atoms with Crippen molar-refractivity contribution in [1.29, 1.82) is 0 Å². The number of rotatable bonds is 59. The van der Waals surface area contributed by atoms with Gasteiger partial charge in [-0.15, -0.1) is 0 Å². The van der Waals surface area contributed by atoms with Crippen LogP contribution in [0.5, 0.6) is 0 Å². The number of unbranched alkanes of at least 4 members (excludes halogenated alkanes) is 30. The Morgan fingerprint density at radius 2 is 0.500 bits per heavy atom. The molecule has 1 unspecified atom stereocenters. The summed E-state index contributed by atoms with van der Waals surface area (Å²) < 4.78 is 16.9. The Balaban J connectivity index is 4.12. The van der Waals surface area contributed by atoms with Crippen LogP contribution in [0.15, 0.2) is 109 Å². The molecule has 0 amide bonds. The molecule has 0 N–H and O–H groups in total. The van der Waals surface area contributed by atoms with Gasteiger partial charge in [0.25, 0.3) is 0 Å². The second-order valence-electron chi connectivity index (χ2n) is 21.6. The Bertz CT molecular complexity index is 1570. The van der Waals surface area contributed by atoms with E-state index in [1.165, 1.54) is 128 Å². The van der Waals surface area contributed by atoms with Gasteiger partial charge in [-0.3, -0.25) is 14.4 Å². The third-order valence-electron chi connectivity index (χ3n) is 14.0. The molecule has 0 aromatic rings. The molecule has 0 fully saturated rings. The van der Waals surface area contributed by atoms with Gasteiger partial charge in [0.15, 0.2) is 6.10 Å². The Kier molecular flexibility index (Phi) is 62.3. The van der Waals surface area contributed by atoms with Crippen molar-refractivity contribution < 1.29 is 28.6 Å². The molecule has 6 nitrogen and oxygen atoms in total. The lowest BCUT2D eigenvalue weighted by molar-refractivity contribution is -0.167. The Morgan fingerprint density at radius 1 is 0.269 bits per heavy atom. The highest BCUT2D eigenvalue weighted by Gasteiger charge is 2.19. The molecular formula is C72H122O6. The molecule has 6 heteroatoms. The summed E-state index contributed by atoms with van der Waals surface area (Å²) >= 11 is 0. The highest BCUT2D eigenvalue weighted by molar-refractivity contribution is 5.71. The fraction of sp³-hybridized carbons (Fsp3) is 0.708. The molecule has 0 heterocycles. The van der Waals surface area contributed by atoms with Crippen LogP contribution in [0.2, 0.25) is 0 Å². The van der Waals surface area contributed by atoms with Crippen molar-refractivity contribution in [2.24, 2.45) is 0 Å². The fourth-order valence-corrected chi connectivity index (χ4v) is 9.14. The van der Waals surface area contributed by atoms with Gasteiger partial charge < -0.3 is 14.2 Å². The van der Waals surface area contributed by atoms with Gasteiger partial charge in [0.1, 0.15) is 13.2 Å². The summed E-state index contributed by atoms with van der Waals surface area (Å²) in [4.78, 5) is 38.2. The SMILES string of the molecule is CC/C=C\C/C=C\C/C=C\C/C=C\CCCCCCCCCCCCCCCCCCCCCCC(=O)OCC(COC(=O)CCCCCCC/C=C\CCC)OC(=O)CCCCCC/C=C\C/C=C\C/C=C\C/C=C\CC. The minimum atomic E-state index is -0.793. The lowest BCUT2D eigenvalue weighted by atomic mass is 10.0. The molecule has 1 atom stereocenters. The minimum absolute atomic E-state index is 0.0886. The zero-order valence-corrected chi connectivity index (χ0v) is 51.2. The first-order valence-corrected chi connectivity index (χ1v) is 32.9. The molecule has 0 saturated heterocycles. The van der Waals surface area contributed by atoms with E-state index in [0.717, 1.165) is 141 Å². The van der Waals surface area contributed by atoms with Gasteiger partial charge in [-0.1, -0.05) is 284 Å². The van der Waals surface area contributed by atoms with Crippen molar-refractivity contribution in [3.05, 3.63) is 109 Å². The van der Waals surface area contributed by atoms with Crippen molar-refractivity contribution in [2.75, 3.05) is 13.2 Å². The summed E-state index contributed by atoms with van der Waals surface area (Å²) in [5, 5.41) is 0. The Morgan fingerprint density at radius 3 is 0.795 bits per heavy atom. The van der Waals surface area contributed by atoms with Crippen molar-refractivity contribution in [3.8, 4) is 0 Å². The van der Waals surface area contributed by atoms with E-state index in [1.807, 2.05) is 0 Å². The molecule has 0 aliphatic carbocycles. The summed E-state index contributed by atoms with van der Waals surface area (Å²) in [6.45, 7) is 6.34. The minimum Gasteiger partial charge on any atom is -0.462 e. The summed E-state index contributed by atoms with van der Waals surface area (Å²) in [5.74, 6) is -0.916. The third-order valence-corrected chi connectivity index (χ3v) is 14.0. The van der Waals surface area contributed by atoms with Crippen LogP contribution in [0, 0.1) is 0 Å². The average molecular weight is 1080 g/mol. The van der Waals surface area contributed by atoms with Gasteiger partial charge in [-0.05, 0) is 116 Å². The molecule has 0 spiro atoms. The second-order valence-corrected chi connectivity index (χ2v) is 21.6. The maximum absolute atomic E-state index is 12.9. The van der Waals surface area contributed by atoms with E-state index in [0.29, 0.717) is 19.3 Å². The topological polar surface area (TPSA) is 78.9 Å². The van der Waals surface area contributed by atoms with Gasteiger partial charge in [-0.25, -0.2) is 0 Å². The van der Waals surface area contributed by atoms with E-state index in [1.54, 1.807) is 0 Å². The number of allylic oxidation sites excluding steroid dienone is 18. The Labute approximate surface area is 482 Å². The van der Waals surface area contributed by atoms with Crippen molar-refractivity contribution in [1.82, 2.24) is 0 Å². The predicted octanol–water partition coefficient (Wildman–Crippen LogP) is 22.6. The monoisotopic (exact) mass is 1080 g/mol. The van der Waals surface area contributed by atoms with Crippen molar-refractivity contribution in [2.45, 2.75) is 316 Å². The van der Waals surface area contributed by atoms with Gasteiger partial charge in [0.2, 0.25) is 0 Å². The van der Waals surface area contributed by atoms with Crippen LogP contribution < -0.4 is 0 Å². The number of ether oxygens (including phenoxy) is 3. The first kappa shape index (κ1) is 74.1. The molecular weight excluding hydrogens is 961 g/mol. The fourth-order valence-electron chi connectivity index (χ4n) is 9.14. The molecule has 0 aliphatic rings. The molecule has 0 aliphatic heterocycles. The number of hydrogen-bond acceptors (Lipinski definition) is 6. The zero-order valence-electron chi connectivity index (χ0n) is 51.2. The van der Waals surface area contributed by atoms with E-state index < -0.39 is 6.10 Å². The Hall–Kier alpha value is -3.93. The van der Waals surface area contributed by atoms with Crippen LogP contribution in [0.25, 0.3) is 0 Å². The largest absolute Gasteiger partial charge is 0.462 e. The quantitative estimate of drug-likeness (QED) is 0.0261.